The molecule has 1 fully saturated rings. The standard InChI is InChI=1S/C20H20N2O2S/c1-13(2)14-8-10-15(11-9-14)22-18(23)12-25-20(22)16-6-4-5-7-17(16)21(3)19(20)24/h4-11,13H,12H2,1-3H3/t20-/m0/s1. The Morgan fingerprint density at radius 3 is 2.40 bits per heavy atom. The van der Waals surface area contributed by atoms with Gasteiger partial charge in [0.05, 0.1) is 11.4 Å². The van der Waals surface area contributed by atoms with Gasteiger partial charge in [0.15, 0.2) is 0 Å². The summed E-state index contributed by atoms with van der Waals surface area (Å²) in [7, 11) is 1.78. The molecule has 4 rings (SSSR count). The molecule has 4 nitrogen and oxygen atoms in total. The van der Waals surface area contributed by atoms with Gasteiger partial charge in [-0.05, 0) is 29.7 Å². The highest BCUT2D eigenvalue weighted by atomic mass is 32.2. The van der Waals surface area contributed by atoms with Crippen LogP contribution < -0.4 is 9.80 Å². The number of anilines is 2. The van der Waals surface area contributed by atoms with Crippen LogP contribution in [0.4, 0.5) is 11.4 Å². The fourth-order valence-corrected chi connectivity index (χ4v) is 5.05. The van der Waals surface area contributed by atoms with E-state index in [1.807, 2.05) is 48.5 Å². The van der Waals surface area contributed by atoms with Crippen molar-refractivity contribution in [2.45, 2.75) is 24.6 Å². The van der Waals surface area contributed by atoms with Crippen molar-refractivity contribution in [3.05, 3.63) is 59.7 Å². The monoisotopic (exact) mass is 352 g/mol. The van der Waals surface area contributed by atoms with Crippen LogP contribution in [0.2, 0.25) is 0 Å². The first-order valence-electron chi connectivity index (χ1n) is 8.41. The Labute approximate surface area is 151 Å². The van der Waals surface area contributed by atoms with Crippen LogP contribution in [0, 0.1) is 0 Å². The van der Waals surface area contributed by atoms with E-state index in [9.17, 15) is 9.59 Å². The van der Waals surface area contributed by atoms with Crippen molar-refractivity contribution in [3.63, 3.8) is 0 Å². The van der Waals surface area contributed by atoms with Crippen LogP contribution in [0.1, 0.15) is 30.9 Å². The molecule has 1 spiro atoms. The number of likely N-dealkylation sites (N-methyl/N-ethyl adjacent to an activating group) is 1. The number of carbonyl (C=O) groups excluding carboxylic acids is 2. The molecule has 2 heterocycles. The Balaban J connectivity index is 1.87. The topological polar surface area (TPSA) is 40.6 Å². The molecule has 1 atom stereocenters. The third-order valence-electron chi connectivity index (χ3n) is 5.01. The summed E-state index contributed by atoms with van der Waals surface area (Å²) in [5.41, 5.74) is 3.76. The minimum atomic E-state index is -0.984. The number of thioether (sulfide) groups is 1. The van der Waals surface area contributed by atoms with Crippen LogP contribution in [0.3, 0.4) is 0 Å². The summed E-state index contributed by atoms with van der Waals surface area (Å²) < 4.78 is 0. The second kappa shape index (κ2) is 5.63. The molecule has 2 aliphatic rings. The smallest absolute Gasteiger partial charge is 0.268 e. The molecule has 0 aromatic heterocycles. The predicted octanol–water partition coefficient (Wildman–Crippen LogP) is 3.72. The number of hydrogen-bond donors (Lipinski definition) is 0. The molecule has 0 unspecified atom stereocenters. The van der Waals surface area contributed by atoms with Gasteiger partial charge >= 0.3 is 0 Å². The molecular weight excluding hydrogens is 332 g/mol. The van der Waals surface area contributed by atoms with Crippen molar-refractivity contribution < 1.29 is 9.59 Å². The zero-order chi connectivity index (χ0) is 17.8. The van der Waals surface area contributed by atoms with E-state index in [2.05, 4.69) is 13.8 Å². The van der Waals surface area contributed by atoms with E-state index in [4.69, 9.17) is 0 Å². The first-order chi connectivity index (χ1) is 12.0. The van der Waals surface area contributed by atoms with Gasteiger partial charge in [-0.3, -0.25) is 14.5 Å². The first kappa shape index (κ1) is 16.2. The van der Waals surface area contributed by atoms with E-state index >= 15 is 0 Å². The Hall–Kier alpha value is -2.27. The summed E-state index contributed by atoms with van der Waals surface area (Å²) in [6, 6.07) is 15.7. The Kier molecular flexibility index (Phi) is 3.65. The van der Waals surface area contributed by atoms with E-state index in [1.54, 1.807) is 16.8 Å². The molecule has 5 heteroatoms. The van der Waals surface area contributed by atoms with Gasteiger partial charge in [-0.1, -0.05) is 44.2 Å². The molecular formula is C20H20N2O2S. The third-order valence-corrected chi connectivity index (χ3v) is 6.40. The van der Waals surface area contributed by atoms with Gasteiger partial charge < -0.3 is 4.90 Å². The summed E-state index contributed by atoms with van der Waals surface area (Å²) in [4.78, 5) is 28.3. The summed E-state index contributed by atoms with van der Waals surface area (Å²) in [6.45, 7) is 4.28. The molecule has 0 saturated carbocycles. The maximum atomic E-state index is 13.2. The average molecular weight is 352 g/mol. The summed E-state index contributed by atoms with van der Waals surface area (Å²) in [6.07, 6.45) is 0. The fraction of sp³-hybridized carbons (Fsp3) is 0.300. The maximum absolute atomic E-state index is 13.2. The van der Waals surface area contributed by atoms with E-state index in [0.717, 1.165) is 16.9 Å². The van der Waals surface area contributed by atoms with Gasteiger partial charge in [0.2, 0.25) is 10.8 Å². The number of fused-ring (bicyclic) bond motifs is 2. The second-order valence-corrected chi connectivity index (χ2v) is 7.96. The van der Waals surface area contributed by atoms with Crippen molar-refractivity contribution in [2.75, 3.05) is 22.6 Å². The summed E-state index contributed by atoms with van der Waals surface area (Å²) in [5.74, 6) is 0.643. The second-order valence-electron chi connectivity index (χ2n) is 6.79. The number of hydrogen-bond acceptors (Lipinski definition) is 3. The molecule has 0 aliphatic carbocycles. The van der Waals surface area contributed by atoms with E-state index < -0.39 is 4.87 Å². The number of para-hydroxylation sites is 1. The summed E-state index contributed by atoms with van der Waals surface area (Å²) in [5, 5.41) is 0. The Morgan fingerprint density at radius 1 is 1.04 bits per heavy atom. The Morgan fingerprint density at radius 2 is 1.72 bits per heavy atom. The van der Waals surface area contributed by atoms with Crippen LogP contribution in [-0.4, -0.2) is 24.6 Å². The molecule has 0 bridgehead atoms. The summed E-state index contributed by atoms with van der Waals surface area (Å²) >= 11 is 1.41. The number of carbonyl (C=O) groups is 2. The molecule has 2 aromatic rings. The van der Waals surface area contributed by atoms with Gasteiger partial charge in [-0.25, -0.2) is 0 Å². The first-order valence-corrected chi connectivity index (χ1v) is 9.40. The molecule has 2 aliphatic heterocycles. The zero-order valence-electron chi connectivity index (χ0n) is 14.5. The van der Waals surface area contributed by atoms with Crippen molar-refractivity contribution >= 4 is 35.0 Å². The quantitative estimate of drug-likeness (QED) is 0.827. The minimum Gasteiger partial charge on any atom is -0.312 e. The lowest BCUT2D eigenvalue weighted by Crippen LogP contribution is -2.49. The zero-order valence-corrected chi connectivity index (χ0v) is 15.3. The molecule has 2 aromatic carbocycles. The molecule has 1 saturated heterocycles. The van der Waals surface area contributed by atoms with Gasteiger partial charge in [0.25, 0.3) is 5.91 Å². The van der Waals surface area contributed by atoms with E-state index in [-0.39, 0.29) is 11.8 Å². The molecule has 25 heavy (non-hydrogen) atoms. The predicted molar refractivity (Wildman–Crippen MR) is 102 cm³/mol. The van der Waals surface area contributed by atoms with Crippen molar-refractivity contribution in [1.82, 2.24) is 0 Å². The lowest BCUT2D eigenvalue weighted by atomic mass is 10.0. The SMILES string of the molecule is CC(C)c1ccc(N2C(=O)CS[C@@]23C(=O)N(C)c2ccccc23)cc1. The maximum Gasteiger partial charge on any atom is 0.268 e. The third kappa shape index (κ3) is 2.15. The number of rotatable bonds is 2. The number of amides is 2. The van der Waals surface area contributed by atoms with Crippen LogP contribution in [0.15, 0.2) is 48.5 Å². The molecule has 128 valence electrons. The van der Waals surface area contributed by atoms with Crippen molar-refractivity contribution in [2.24, 2.45) is 0 Å². The Bertz CT molecular complexity index is 862. The number of benzene rings is 2. The van der Waals surface area contributed by atoms with Gasteiger partial charge in [0.1, 0.15) is 0 Å². The largest absolute Gasteiger partial charge is 0.312 e. The molecule has 2 amide bonds. The van der Waals surface area contributed by atoms with Gasteiger partial charge in [-0.15, -0.1) is 11.8 Å². The van der Waals surface area contributed by atoms with E-state index in [1.165, 1.54) is 17.3 Å². The number of nitrogens with zero attached hydrogens (tertiary/aromatic N) is 2. The fourth-order valence-electron chi connectivity index (χ4n) is 3.67. The van der Waals surface area contributed by atoms with Crippen molar-refractivity contribution in [3.8, 4) is 0 Å². The van der Waals surface area contributed by atoms with Gasteiger partial charge in [-0.2, -0.15) is 0 Å². The highest BCUT2D eigenvalue weighted by Crippen LogP contribution is 2.55. The molecule has 0 N–H and O–H groups in total. The van der Waals surface area contributed by atoms with Crippen LogP contribution in [0.25, 0.3) is 0 Å². The minimum absolute atomic E-state index is 0.0271. The van der Waals surface area contributed by atoms with Crippen LogP contribution in [0.5, 0.6) is 0 Å². The normalized spacial score (nSPS) is 22.4. The lowest BCUT2D eigenvalue weighted by molar-refractivity contribution is -0.123. The van der Waals surface area contributed by atoms with E-state index in [0.29, 0.717) is 11.7 Å². The van der Waals surface area contributed by atoms with Crippen molar-refractivity contribution in [1.29, 1.82) is 0 Å². The molecule has 0 radical (unpaired) electrons. The van der Waals surface area contributed by atoms with Crippen LogP contribution >= 0.6 is 11.8 Å². The highest BCUT2D eigenvalue weighted by molar-refractivity contribution is 8.02. The van der Waals surface area contributed by atoms with Crippen LogP contribution in [-0.2, 0) is 14.5 Å². The highest BCUT2D eigenvalue weighted by Gasteiger charge is 2.60. The average Bonchev–Trinajstić information content (AvgIpc) is 3.07. The van der Waals surface area contributed by atoms with Gasteiger partial charge in [0, 0.05) is 18.3 Å². The lowest BCUT2D eigenvalue weighted by Gasteiger charge is -2.33.